The minimum absolute atomic E-state index is 0.0501. The lowest BCUT2D eigenvalue weighted by Gasteiger charge is -2.09. The van der Waals surface area contributed by atoms with E-state index in [0.29, 0.717) is 17.3 Å². The van der Waals surface area contributed by atoms with E-state index in [9.17, 15) is 4.79 Å². The zero-order valence-corrected chi connectivity index (χ0v) is 17.8. The number of oxazole rings is 1. The van der Waals surface area contributed by atoms with Crippen molar-refractivity contribution >= 4 is 11.6 Å². The average Bonchev–Trinajstić information content (AvgIpc) is 3.25. The third-order valence-corrected chi connectivity index (χ3v) is 5.04. The number of nitrogens with one attached hydrogen (secondary N) is 1. The molecule has 5 heteroatoms. The van der Waals surface area contributed by atoms with Crippen LogP contribution in [0.1, 0.15) is 16.7 Å². The van der Waals surface area contributed by atoms with E-state index in [0.717, 1.165) is 27.9 Å². The van der Waals surface area contributed by atoms with Gasteiger partial charge in [0.15, 0.2) is 6.61 Å². The van der Waals surface area contributed by atoms with E-state index >= 15 is 0 Å². The smallest absolute Gasteiger partial charge is 0.262 e. The first-order valence-corrected chi connectivity index (χ1v) is 10.1. The maximum atomic E-state index is 12.2. The van der Waals surface area contributed by atoms with Gasteiger partial charge in [0.05, 0.1) is 0 Å². The van der Waals surface area contributed by atoms with Gasteiger partial charge in [-0.2, -0.15) is 0 Å². The van der Waals surface area contributed by atoms with Crippen molar-refractivity contribution in [3.05, 3.63) is 89.7 Å². The number of hydrogen-bond donors (Lipinski definition) is 1. The van der Waals surface area contributed by atoms with Gasteiger partial charge >= 0.3 is 0 Å². The summed E-state index contributed by atoms with van der Waals surface area (Å²) in [7, 11) is 0. The Morgan fingerprint density at radius 3 is 2.52 bits per heavy atom. The maximum Gasteiger partial charge on any atom is 0.262 e. The summed E-state index contributed by atoms with van der Waals surface area (Å²) in [6.45, 7) is 6.01. The normalized spacial score (nSPS) is 10.7. The molecule has 4 aromatic rings. The molecule has 0 aliphatic rings. The molecule has 1 heterocycles. The van der Waals surface area contributed by atoms with E-state index in [1.165, 1.54) is 5.56 Å². The Kier molecular flexibility index (Phi) is 5.85. The summed E-state index contributed by atoms with van der Waals surface area (Å²) in [6, 6.07) is 21.3. The third-order valence-electron chi connectivity index (χ3n) is 5.04. The molecular weight excluding hydrogens is 388 g/mol. The van der Waals surface area contributed by atoms with Gasteiger partial charge < -0.3 is 14.5 Å². The predicted octanol–water partition coefficient (Wildman–Crippen LogP) is 5.95. The number of aromatic nitrogens is 1. The molecule has 4 rings (SSSR count). The fraction of sp³-hybridized carbons (Fsp3) is 0.154. The predicted molar refractivity (Wildman–Crippen MR) is 122 cm³/mol. The molecule has 1 N–H and O–H groups in total. The van der Waals surface area contributed by atoms with E-state index < -0.39 is 0 Å². The first-order chi connectivity index (χ1) is 15.0. The van der Waals surface area contributed by atoms with Gasteiger partial charge in [-0.15, -0.1) is 0 Å². The summed E-state index contributed by atoms with van der Waals surface area (Å²) >= 11 is 0. The third kappa shape index (κ3) is 4.83. The van der Waals surface area contributed by atoms with Crippen LogP contribution in [-0.2, 0) is 4.79 Å². The van der Waals surface area contributed by atoms with Crippen molar-refractivity contribution in [2.45, 2.75) is 20.8 Å². The molecular formula is C26H24N2O3. The first-order valence-electron chi connectivity index (χ1n) is 10.1. The van der Waals surface area contributed by atoms with Crippen molar-refractivity contribution in [1.82, 2.24) is 4.98 Å². The highest BCUT2D eigenvalue weighted by Gasteiger charge is 2.11. The zero-order chi connectivity index (χ0) is 21.8. The van der Waals surface area contributed by atoms with Gasteiger partial charge in [-0.05, 0) is 68.3 Å². The number of para-hydroxylation sites is 1. The second-order valence-corrected chi connectivity index (χ2v) is 7.54. The van der Waals surface area contributed by atoms with Gasteiger partial charge in [0.1, 0.15) is 17.7 Å². The molecule has 0 saturated heterocycles. The topological polar surface area (TPSA) is 64.4 Å². The lowest BCUT2D eigenvalue weighted by Crippen LogP contribution is -2.20. The summed E-state index contributed by atoms with van der Waals surface area (Å²) in [5.41, 5.74) is 6.71. The van der Waals surface area contributed by atoms with Crippen LogP contribution < -0.4 is 10.1 Å². The number of carbonyl (C=O) groups is 1. The second-order valence-electron chi connectivity index (χ2n) is 7.54. The fourth-order valence-corrected chi connectivity index (χ4v) is 3.30. The van der Waals surface area contributed by atoms with Crippen LogP contribution in [0.3, 0.4) is 0 Å². The largest absolute Gasteiger partial charge is 0.483 e. The van der Waals surface area contributed by atoms with Crippen molar-refractivity contribution in [3.8, 4) is 28.5 Å². The van der Waals surface area contributed by atoms with Crippen LogP contribution in [0.5, 0.6) is 5.75 Å². The van der Waals surface area contributed by atoms with Crippen LogP contribution in [0.15, 0.2) is 77.4 Å². The van der Waals surface area contributed by atoms with Crippen LogP contribution in [0.4, 0.5) is 5.69 Å². The molecule has 156 valence electrons. The van der Waals surface area contributed by atoms with Crippen LogP contribution in [-0.4, -0.2) is 17.5 Å². The van der Waals surface area contributed by atoms with Gasteiger partial charge in [0, 0.05) is 16.8 Å². The molecule has 1 amide bonds. The molecule has 3 aromatic carbocycles. The number of amides is 1. The van der Waals surface area contributed by atoms with Gasteiger partial charge in [-0.1, -0.05) is 35.9 Å². The van der Waals surface area contributed by atoms with Gasteiger partial charge in [-0.3, -0.25) is 4.79 Å². The highest BCUT2D eigenvalue weighted by Crippen LogP contribution is 2.28. The van der Waals surface area contributed by atoms with Gasteiger partial charge in [0.2, 0.25) is 5.89 Å². The Balaban J connectivity index is 1.40. The molecule has 0 bridgehead atoms. The van der Waals surface area contributed by atoms with Crippen LogP contribution in [0.2, 0.25) is 0 Å². The zero-order valence-electron chi connectivity index (χ0n) is 17.8. The van der Waals surface area contributed by atoms with Crippen LogP contribution >= 0.6 is 0 Å². The van der Waals surface area contributed by atoms with Crippen LogP contribution in [0, 0.1) is 20.8 Å². The van der Waals surface area contributed by atoms with Crippen molar-refractivity contribution in [3.63, 3.8) is 0 Å². The van der Waals surface area contributed by atoms with E-state index in [4.69, 9.17) is 9.15 Å². The molecule has 0 fully saturated rings. The minimum atomic E-state index is -0.218. The first kappa shape index (κ1) is 20.4. The highest BCUT2D eigenvalue weighted by atomic mass is 16.5. The molecule has 0 aliphatic heterocycles. The van der Waals surface area contributed by atoms with E-state index in [2.05, 4.69) is 42.3 Å². The Morgan fingerprint density at radius 2 is 1.74 bits per heavy atom. The summed E-state index contributed by atoms with van der Waals surface area (Å²) in [5, 5.41) is 2.84. The molecule has 0 aliphatic carbocycles. The maximum absolute atomic E-state index is 12.2. The van der Waals surface area contributed by atoms with Crippen molar-refractivity contribution in [1.29, 1.82) is 0 Å². The minimum Gasteiger partial charge on any atom is -0.483 e. The fourth-order valence-electron chi connectivity index (χ4n) is 3.30. The van der Waals surface area contributed by atoms with E-state index in [1.807, 2.05) is 55.5 Å². The molecule has 1 aromatic heterocycles. The number of ether oxygens (including phenoxy) is 1. The quantitative estimate of drug-likeness (QED) is 0.425. The second kappa shape index (κ2) is 8.88. The van der Waals surface area contributed by atoms with Crippen molar-refractivity contribution in [2.75, 3.05) is 11.9 Å². The van der Waals surface area contributed by atoms with Gasteiger partial charge in [0.25, 0.3) is 5.91 Å². The van der Waals surface area contributed by atoms with Crippen LogP contribution in [0.25, 0.3) is 22.7 Å². The summed E-state index contributed by atoms with van der Waals surface area (Å²) in [4.78, 5) is 16.8. The number of anilines is 1. The number of benzene rings is 3. The number of rotatable bonds is 6. The monoisotopic (exact) mass is 412 g/mol. The lowest BCUT2D eigenvalue weighted by atomic mass is 10.0. The Morgan fingerprint density at radius 1 is 0.968 bits per heavy atom. The molecule has 0 spiro atoms. The lowest BCUT2D eigenvalue weighted by molar-refractivity contribution is -0.118. The number of carbonyl (C=O) groups excluding carboxylic acids is 1. The Hall–Kier alpha value is -3.86. The Bertz CT molecular complexity index is 1210. The van der Waals surface area contributed by atoms with Crippen molar-refractivity contribution in [2.24, 2.45) is 0 Å². The number of nitrogens with zero attached hydrogens (tertiary/aromatic N) is 1. The molecule has 0 unspecified atom stereocenters. The highest BCUT2D eigenvalue weighted by molar-refractivity contribution is 5.92. The summed E-state index contributed by atoms with van der Waals surface area (Å²) in [6.07, 6.45) is 1.68. The molecule has 5 nitrogen and oxygen atoms in total. The number of aryl methyl sites for hydroxylation is 3. The van der Waals surface area contributed by atoms with Crippen molar-refractivity contribution < 1.29 is 13.9 Å². The molecule has 0 radical (unpaired) electrons. The number of hydrogen-bond acceptors (Lipinski definition) is 4. The molecule has 0 atom stereocenters. The molecule has 31 heavy (non-hydrogen) atoms. The standard InChI is InChI=1S/C26H24N2O3/c1-17-8-9-18(2)22(14-17)23-15-31-26(28-23)20-10-12-21(13-11-20)27-25(29)16-30-24-7-5-4-6-19(24)3/h4-15H,16H2,1-3H3,(H,27,29). The Labute approximate surface area is 181 Å². The average molecular weight is 412 g/mol. The van der Waals surface area contributed by atoms with E-state index in [1.54, 1.807) is 6.26 Å². The van der Waals surface area contributed by atoms with E-state index in [-0.39, 0.29) is 12.5 Å². The summed E-state index contributed by atoms with van der Waals surface area (Å²) < 4.78 is 11.3. The SMILES string of the molecule is Cc1ccc(C)c(-c2coc(-c3ccc(NC(=O)COc4ccccc4C)cc3)n2)c1. The summed E-state index contributed by atoms with van der Waals surface area (Å²) in [5.74, 6) is 1.03. The molecule has 0 saturated carbocycles. The van der Waals surface area contributed by atoms with Gasteiger partial charge in [-0.25, -0.2) is 4.98 Å².